The first-order valence-electron chi connectivity index (χ1n) is 6.64. The van der Waals surface area contributed by atoms with E-state index in [1.165, 1.54) is 0 Å². The molecule has 2 aromatic carbocycles. The summed E-state index contributed by atoms with van der Waals surface area (Å²) in [5.74, 6) is -0.0846. The highest BCUT2D eigenvalue weighted by Gasteiger charge is 2.05. The van der Waals surface area contributed by atoms with Crippen LogP contribution in [0.15, 0.2) is 65.7 Å². The Morgan fingerprint density at radius 2 is 1.90 bits per heavy atom. The lowest BCUT2D eigenvalue weighted by Gasteiger charge is -2.07. The maximum atomic E-state index is 12.0. The van der Waals surface area contributed by atoms with Crippen molar-refractivity contribution >= 4 is 29.4 Å². The summed E-state index contributed by atoms with van der Waals surface area (Å²) in [7, 11) is 0. The van der Waals surface area contributed by atoms with E-state index in [9.17, 15) is 4.79 Å². The molecule has 21 heavy (non-hydrogen) atoms. The second kappa shape index (κ2) is 5.97. The van der Waals surface area contributed by atoms with Gasteiger partial charge in [0.1, 0.15) is 0 Å². The van der Waals surface area contributed by atoms with E-state index in [-0.39, 0.29) is 5.91 Å². The molecular formula is C17H14N2OS. The van der Waals surface area contributed by atoms with Crippen LogP contribution in [0, 0.1) is 0 Å². The van der Waals surface area contributed by atoms with Gasteiger partial charge in [0.2, 0.25) is 0 Å². The number of benzene rings is 2. The van der Waals surface area contributed by atoms with E-state index in [0.717, 1.165) is 21.4 Å². The fourth-order valence-electron chi connectivity index (χ4n) is 2.16. The molecule has 4 heteroatoms. The molecule has 0 bridgehead atoms. The average Bonchev–Trinajstić information content (AvgIpc) is 2.53. The van der Waals surface area contributed by atoms with E-state index >= 15 is 0 Å². The minimum absolute atomic E-state index is 0.0846. The van der Waals surface area contributed by atoms with Gasteiger partial charge in [-0.3, -0.25) is 9.78 Å². The second-order valence-corrected chi connectivity index (χ2v) is 5.22. The molecule has 0 aliphatic rings. The maximum Gasteiger partial charge on any atom is 0.251 e. The van der Waals surface area contributed by atoms with Crippen LogP contribution in [0.4, 0.5) is 0 Å². The smallest absolute Gasteiger partial charge is 0.251 e. The molecule has 3 rings (SSSR count). The van der Waals surface area contributed by atoms with Gasteiger partial charge in [-0.05, 0) is 29.8 Å². The van der Waals surface area contributed by atoms with Crippen molar-refractivity contribution in [2.45, 2.75) is 11.4 Å². The van der Waals surface area contributed by atoms with Gasteiger partial charge in [-0.15, -0.1) is 12.6 Å². The Balaban J connectivity index is 1.75. The van der Waals surface area contributed by atoms with E-state index in [4.69, 9.17) is 0 Å². The standard InChI is InChI=1S/C17H14N2OS/c20-17(13-5-2-1-3-6-13)19-11-12-9-14-7-4-8-15(21)16(14)18-10-12/h1-10,21H,11H2,(H,19,20). The summed E-state index contributed by atoms with van der Waals surface area (Å²) in [5, 5.41) is 3.92. The zero-order chi connectivity index (χ0) is 14.7. The normalized spacial score (nSPS) is 10.5. The highest BCUT2D eigenvalue weighted by Crippen LogP contribution is 2.20. The predicted octanol–water partition coefficient (Wildman–Crippen LogP) is 3.45. The van der Waals surface area contributed by atoms with Gasteiger partial charge in [-0.1, -0.05) is 30.3 Å². The predicted molar refractivity (Wildman–Crippen MR) is 86.6 cm³/mol. The Bertz CT molecular complexity index is 787. The minimum atomic E-state index is -0.0846. The molecule has 0 spiro atoms. The summed E-state index contributed by atoms with van der Waals surface area (Å²) >= 11 is 4.38. The third-order valence-electron chi connectivity index (χ3n) is 3.24. The highest BCUT2D eigenvalue weighted by atomic mass is 32.1. The lowest BCUT2D eigenvalue weighted by atomic mass is 10.1. The van der Waals surface area contributed by atoms with Gasteiger partial charge in [0.05, 0.1) is 5.52 Å². The molecular weight excluding hydrogens is 280 g/mol. The van der Waals surface area contributed by atoms with Gasteiger partial charge in [0.15, 0.2) is 0 Å². The lowest BCUT2D eigenvalue weighted by Crippen LogP contribution is -2.22. The number of hydrogen-bond donors (Lipinski definition) is 2. The van der Waals surface area contributed by atoms with Crippen molar-refractivity contribution in [2.24, 2.45) is 0 Å². The second-order valence-electron chi connectivity index (χ2n) is 4.74. The maximum absolute atomic E-state index is 12.0. The van der Waals surface area contributed by atoms with Crippen LogP contribution in [-0.2, 0) is 6.54 Å². The van der Waals surface area contributed by atoms with Crippen LogP contribution in [0.2, 0.25) is 0 Å². The average molecular weight is 294 g/mol. The summed E-state index contributed by atoms with van der Waals surface area (Å²) in [6, 6.07) is 17.0. The molecule has 0 saturated heterocycles. The number of amides is 1. The molecule has 0 aliphatic carbocycles. The number of pyridine rings is 1. The monoisotopic (exact) mass is 294 g/mol. The summed E-state index contributed by atoms with van der Waals surface area (Å²) in [4.78, 5) is 17.2. The fraction of sp³-hybridized carbons (Fsp3) is 0.0588. The summed E-state index contributed by atoms with van der Waals surface area (Å²) in [6.45, 7) is 0.452. The van der Waals surface area contributed by atoms with Crippen LogP contribution in [0.5, 0.6) is 0 Å². The van der Waals surface area contributed by atoms with Gasteiger partial charge in [-0.25, -0.2) is 0 Å². The van der Waals surface area contributed by atoms with Crippen molar-refractivity contribution < 1.29 is 4.79 Å². The number of hydrogen-bond acceptors (Lipinski definition) is 3. The van der Waals surface area contributed by atoms with Crippen molar-refractivity contribution in [3.05, 3.63) is 71.9 Å². The first-order valence-corrected chi connectivity index (χ1v) is 7.08. The molecule has 1 aromatic heterocycles. The van der Waals surface area contributed by atoms with Crippen molar-refractivity contribution in [1.82, 2.24) is 10.3 Å². The molecule has 0 radical (unpaired) electrons. The third-order valence-corrected chi connectivity index (χ3v) is 3.60. The number of aromatic nitrogens is 1. The summed E-state index contributed by atoms with van der Waals surface area (Å²) in [6.07, 6.45) is 1.77. The minimum Gasteiger partial charge on any atom is -0.348 e. The van der Waals surface area contributed by atoms with Crippen molar-refractivity contribution in [3.63, 3.8) is 0 Å². The third kappa shape index (κ3) is 3.06. The number of fused-ring (bicyclic) bond motifs is 1. The Labute approximate surface area is 128 Å². The number of para-hydroxylation sites is 1. The Morgan fingerprint density at radius 1 is 1.10 bits per heavy atom. The molecule has 0 unspecified atom stereocenters. The summed E-state index contributed by atoms with van der Waals surface area (Å²) in [5.41, 5.74) is 2.49. The van der Waals surface area contributed by atoms with Gasteiger partial charge >= 0.3 is 0 Å². The van der Waals surface area contributed by atoms with Crippen molar-refractivity contribution in [2.75, 3.05) is 0 Å². The van der Waals surface area contributed by atoms with Gasteiger partial charge < -0.3 is 5.32 Å². The van der Waals surface area contributed by atoms with E-state index < -0.39 is 0 Å². The number of nitrogens with one attached hydrogen (secondary N) is 1. The first-order chi connectivity index (χ1) is 10.2. The number of thiol groups is 1. The molecule has 1 N–H and O–H groups in total. The highest BCUT2D eigenvalue weighted by molar-refractivity contribution is 7.80. The molecule has 3 aromatic rings. The van der Waals surface area contributed by atoms with Crippen LogP contribution in [0.25, 0.3) is 10.9 Å². The van der Waals surface area contributed by atoms with Gasteiger partial charge in [0.25, 0.3) is 5.91 Å². The number of rotatable bonds is 3. The zero-order valence-corrected chi connectivity index (χ0v) is 12.2. The number of nitrogens with zero attached hydrogens (tertiary/aromatic N) is 1. The van der Waals surface area contributed by atoms with Gasteiger partial charge in [-0.2, -0.15) is 0 Å². The van der Waals surface area contributed by atoms with Crippen LogP contribution >= 0.6 is 12.6 Å². The largest absolute Gasteiger partial charge is 0.348 e. The quantitative estimate of drug-likeness (QED) is 0.726. The topological polar surface area (TPSA) is 42.0 Å². The molecule has 1 heterocycles. The van der Waals surface area contributed by atoms with E-state index in [1.807, 2.05) is 42.5 Å². The fourth-order valence-corrected chi connectivity index (χ4v) is 2.43. The molecule has 3 nitrogen and oxygen atoms in total. The number of carbonyl (C=O) groups excluding carboxylic acids is 1. The van der Waals surface area contributed by atoms with Crippen LogP contribution in [-0.4, -0.2) is 10.9 Å². The Hall–Kier alpha value is -2.33. The molecule has 0 aliphatic heterocycles. The molecule has 104 valence electrons. The molecule has 0 fully saturated rings. The first kappa shape index (κ1) is 13.6. The zero-order valence-electron chi connectivity index (χ0n) is 11.3. The molecule has 0 saturated carbocycles. The molecule has 1 amide bonds. The van der Waals surface area contributed by atoms with Crippen molar-refractivity contribution in [1.29, 1.82) is 0 Å². The van der Waals surface area contributed by atoms with E-state index in [1.54, 1.807) is 18.3 Å². The van der Waals surface area contributed by atoms with Crippen LogP contribution in [0.3, 0.4) is 0 Å². The Morgan fingerprint density at radius 3 is 2.71 bits per heavy atom. The molecule has 0 atom stereocenters. The number of carbonyl (C=O) groups is 1. The summed E-state index contributed by atoms with van der Waals surface area (Å²) < 4.78 is 0. The van der Waals surface area contributed by atoms with Gasteiger partial charge in [0, 0.05) is 28.6 Å². The lowest BCUT2D eigenvalue weighted by molar-refractivity contribution is 0.0951. The van der Waals surface area contributed by atoms with Crippen LogP contribution in [0.1, 0.15) is 15.9 Å². The van der Waals surface area contributed by atoms with Crippen LogP contribution < -0.4 is 5.32 Å². The van der Waals surface area contributed by atoms with E-state index in [0.29, 0.717) is 12.1 Å². The van der Waals surface area contributed by atoms with E-state index in [2.05, 4.69) is 22.9 Å². The SMILES string of the molecule is O=C(NCc1cnc2c(S)cccc2c1)c1ccccc1. The van der Waals surface area contributed by atoms with Crippen molar-refractivity contribution in [3.8, 4) is 0 Å². The Kier molecular flexibility index (Phi) is 3.88.